The Kier molecular flexibility index (Phi) is 8.94. The first kappa shape index (κ1) is 23.1. The van der Waals surface area contributed by atoms with Gasteiger partial charge in [-0.25, -0.2) is 8.42 Å². The maximum Gasteiger partial charge on any atom is 0.305 e. The molecule has 0 aliphatic heterocycles. The molecule has 0 fully saturated rings. The van der Waals surface area contributed by atoms with Crippen molar-refractivity contribution in [3.05, 3.63) is 22.6 Å². The smallest absolute Gasteiger partial charge is 0.305 e. The molecule has 7 heteroatoms. The van der Waals surface area contributed by atoms with Crippen LogP contribution in [0.4, 0.5) is 0 Å². The number of Topliss-reactive ketones (excluding diaryl/α,β-unsaturated/α-hetero) is 1. The van der Waals surface area contributed by atoms with Crippen LogP contribution in [0.1, 0.15) is 58.3 Å². The van der Waals surface area contributed by atoms with E-state index in [0.29, 0.717) is 32.1 Å². The topological polar surface area (TPSA) is 97.7 Å². The number of hydrogen-bond donors (Lipinski definition) is 1. The van der Waals surface area contributed by atoms with Gasteiger partial charge in [0.25, 0.3) is 0 Å². The van der Waals surface area contributed by atoms with E-state index in [4.69, 9.17) is 0 Å². The Bertz CT molecular complexity index is 779. The third kappa shape index (κ3) is 6.96. The molecule has 27 heavy (non-hydrogen) atoms. The Morgan fingerprint density at radius 2 is 2.00 bits per heavy atom. The Balaban J connectivity index is 2.88. The summed E-state index contributed by atoms with van der Waals surface area (Å²) in [7, 11) is -2.41. The van der Waals surface area contributed by atoms with Crippen LogP contribution in [0.25, 0.3) is 0 Å². The summed E-state index contributed by atoms with van der Waals surface area (Å²) in [5.41, 5.74) is -1.87. The maximum absolute atomic E-state index is 12.5. The predicted octanol–water partition coefficient (Wildman–Crippen LogP) is 2.47. The summed E-state index contributed by atoms with van der Waals surface area (Å²) >= 11 is 0. The summed E-state index contributed by atoms with van der Waals surface area (Å²) < 4.78 is 28.3. The zero-order chi connectivity index (χ0) is 20.5. The van der Waals surface area contributed by atoms with Gasteiger partial charge in [-0.05, 0) is 31.8 Å². The first-order chi connectivity index (χ1) is 12.7. The molecule has 1 aliphatic carbocycles. The number of hydrogen-bond acceptors (Lipinski definition) is 6. The summed E-state index contributed by atoms with van der Waals surface area (Å²) in [6, 6.07) is 0. The fourth-order valence-electron chi connectivity index (χ4n) is 2.67. The van der Waals surface area contributed by atoms with Crippen LogP contribution in [-0.2, 0) is 24.2 Å². The fraction of sp³-hybridized carbons (Fsp3) is 0.600. The molecule has 0 bridgehead atoms. The number of methoxy groups -OCH3 is 1. The van der Waals surface area contributed by atoms with E-state index in [1.165, 1.54) is 7.11 Å². The number of ketones is 1. The summed E-state index contributed by atoms with van der Waals surface area (Å²) in [4.78, 5) is 23.2. The average Bonchev–Trinajstić information content (AvgIpc) is 2.86. The van der Waals surface area contributed by atoms with Crippen LogP contribution in [0.5, 0.6) is 0 Å². The van der Waals surface area contributed by atoms with Gasteiger partial charge in [0, 0.05) is 24.7 Å². The van der Waals surface area contributed by atoms with Crippen molar-refractivity contribution in [1.29, 1.82) is 0 Å². The molecule has 1 rings (SSSR count). The van der Waals surface area contributed by atoms with Gasteiger partial charge >= 0.3 is 5.97 Å². The SMILES string of the molecule is CCCCC#CC1(O)C=C(S(C)(=O)=O)C(=O)/C1=C\CCCCCC(=O)OC. The van der Waals surface area contributed by atoms with Gasteiger partial charge in [-0.15, -0.1) is 0 Å². The van der Waals surface area contributed by atoms with Crippen molar-refractivity contribution in [2.45, 2.75) is 63.9 Å². The van der Waals surface area contributed by atoms with Crippen molar-refractivity contribution in [3.63, 3.8) is 0 Å². The largest absolute Gasteiger partial charge is 0.469 e. The number of unbranched alkanes of at least 4 members (excludes halogenated alkanes) is 5. The second-order valence-corrected chi connectivity index (χ2v) is 8.56. The van der Waals surface area contributed by atoms with Crippen LogP contribution < -0.4 is 0 Å². The molecule has 1 atom stereocenters. The third-order valence-electron chi connectivity index (χ3n) is 4.21. The number of sulfone groups is 1. The van der Waals surface area contributed by atoms with Crippen LogP contribution in [0.15, 0.2) is 22.6 Å². The molecular formula is C20H28O6S. The summed E-state index contributed by atoms with van der Waals surface area (Å²) in [5.74, 6) is 4.54. The first-order valence-corrected chi connectivity index (χ1v) is 11.0. The number of aliphatic hydroxyl groups is 1. The Morgan fingerprint density at radius 1 is 1.30 bits per heavy atom. The molecule has 1 aliphatic rings. The lowest BCUT2D eigenvalue weighted by molar-refractivity contribution is -0.140. The van der Waals surface area contributed by atoms with Crippen LogP contribution in [0, 0.1) is 11.8 Å². The van der Waals surface area contributed by atoms with Crippen molar-refractivity contribution in [2.24, 2.45) is 0 Å². The van der Waals surface area contributed by atoms with E-state index < -0.39 is 26.1 Å². The van der Waals surface area contributed by atoms with E-state index in [-0.39, 0.29) is 11.5 Å². The molecule has 1 unspecified atom stereocenters. The van der Waals surface area contributed by atoms with Crippen molar-refractivity contribution >= 4 is 21.6 Å². The van der Waals surface area contributed by atoms with Gasteiger partial charge in [-0.1, -0.05) is 37.7 Å². The lowest BCUT2D eigenvalue weighted by Gasteiger charge is -2.14. The number of carbonyl (C=O) groups excluding carboxylic acids is 2. The van der Waals surface area contributed by atoms with Crippen molar-refractivity contribution < 1.29 is 27.9 Å². The van der Waals surface area contributed by atoms with Crippen LogP contribution in [0.3, 0.4) is 0 Å². The predicted molar refractivity (Wildman–Crippen MR) is 103 cm³/mol. The molecule has 0 spiro atoms. The molecule has 0 aromatic carbocycles. The van der Waals surface area contributed by atoms with E-state index in [0.717, 1.165) is 31.6 Å². The van der Waals surface area contributed by atoms with Gasteiger partial charge in [0.1, 0.15) is 4.91 Å². The van der Waals surface area contributed by atoms with Crippen molar-refractivity contribution in [3.8, 4) is 11.8 Å². The molecule has 0 amide bonds. The third-order valence-corrected chi connectivity index (χ3v) is 5.32. The van der Waals surface area contributed by atoms with Crippen LogP contribution in [-0.4, -0.2) is 44.2 Å². The molecule has 0 radical (unpaired) electrons. The highest BCUT2D eigenvalue weighted by molar-refractivity contribution is 7.95. The van der Waals surface area contributed by atoms with Gasteiger partial charge in [0.2, 0.25) is 5.78 Å². The van der Waals surface area contributed by atoms with E-state index in [9.17, 15) is 23.1 Å². The maximum atomic E-state index is 12.5. The van der Waals surface area contributed by atoms with E-state index >= 15 is 0 Å². The highest BCUT2D eigenvalue weighted by Crippen LogP contribution is 2.33. The molecule has 0 heterocycles. The zero-order valence-corrected chi connectivity index (χ0v) is 17.0. The number of ether oxygens (including phenoxy) is 1. The van der Waals surface area contributed by atoms with Gasteiger partial charge in [0.05, 0.1) is 7.11 Å². The molecule has 6 nitrogen and oxygen atoms in total. The Hall–Kier alpha value is -1.91. The number of esters is 1. The van der Waals surface area contributed by atoms with Crippen molar-refractivity contribution in [2.75, 3.05) is 13.4 Å². The highest BCUT2D eigenvalue weighted by Gasteiger charge is 2.43. The minimum atomic E-state index is -3.75. The normalized spacial score (nSPS) is 21.0. The second kappa shape index (κ2) is 10.4. The molecular weight excluding hydrogens is 368 g/mol. The summed E-state index contributed by atoms with van der Waals surface area (Å²) in [6.45, 7) is 2.02. The molecule has 1 N–H and O–H groups in total. The minimum Gasteiger partial charge on any atom is -0.469 e. The summed E-state index contributed by atoms with van der Waals surface area (Å²) in [5, 5.41) is 10.8. The lowest BCUT2D eigenvalue weighted by Crippen LogP contribution is -2.26. The number of rotatable bonds is 9. The zero-order valence-electron chi connectivity index (χ0n) is 16.2. The number of allylic oxidation sites excluding steroid dienone is 2. The molecule has 0 aromatic heterocycles. The molecule has 150 valence electrons. The number of carbonyl (C=O) groups is 2. The first-order valence-electron chi connectivity index (χ1n) is 9.13. The lowest BCUT2D eigenvalue weighted by atomic mass is 9.95. The van der Waals surface area contributed by atoms with Gasteiger partial charge in [-0.3, -0.25) is 9.59 Å². The highest BCUT2D eigenvalue weighted by atomic mass is 32.2. The van der Waals surface area contributed by atoms with E-state index in [1.807, 2.05) is 6.92 Å². The van der Waals surface area contributed by atoms with Gasteiger partial charge in [0.15, 0.2) is 15.4 Å². The standard InChI is InChI=1S/C20H28O6S/c1-4-5-6-11-14-20(23)15-17(27(3,24)25)19(22)16(20)12-9-7-8-10-13-18(21)26-2/h12,15,23H,4-10,13H2,1-3H3/b16-12+. The van der Waals surface area contributed by atoms with E-state index in [1.54, 1.807) is 6.08 Å². The average molecular weight is 397 g/mol. The fourth-order valence-corrected chi connectivity index (χ4v) is 3.50. The van der Waals surface area contributed by atoms with Gasteiger partial charge in [-0.2, -0.15) is 0 Å². The minimum absolute atomic E-state index is 0.000101. The molecule has 0 aromatic rings. The van der Waals surface area contributed by atoms with Gasteiger partial charge < -0.3 is 9.84 Å². The quantitative estimate of drug-likeness (QED) is 0.278. The van der Waals surface area contributed by atoms with Crippen LogP contribution >= 0.6 is 0 Å². The summed E-state index contributed by atoms with van der Waals surface area (Å²) in [6.07, 6.45) is 8.84. The monoisotopic (exact) mass is 396 g/mol. The molecule has 0 saturated heterocycles. The van der Waals surface area contributed by atoms with Crippen molar-refractivity contribution in [1.82, 2.24) is 0 Å². The second-order valence-electron chi connectivity index (χ2n) is 6.57. The molecule has 0 saturated carbocycles. The Morgan fingerprint density at radius 3 is 2.59 bits per heavy atom. The Labute approximate surface area is 161 Å². The van der Waals surface area contributed by atoms with Crippen LogP contribution in [0.2, 0.25) is 0 Å². The van der Waals surface area contributed by atoms with E-state index in [2.05, 4.69) is 16.6 Å².